The Kier molecular flexibility index (Phi) is 4.50. The van der Waals surface area contributed by atoms with Gasteiger partial charge in [0.25, 0.3) is 5.91 Å². The SMILES string of the molecule is CCC(C)NC(=O)c1snnc1-c1ccc(Cl)cc1. The number of rotatable bonds is 4. The van der Waals surface area contributed by atoms with Gasteiger partial charge in [-0.05, 0) is 37.0 Å². The third-order valence-corrected chi connectivity index (χ3v) is 3.78. The van der Waals surface area contributed by atoms with E-state index >= 15 is 0 Å². The van der Waals surface area contributed by atoms with Gasteiger partial charge in [-0.25, -0.2) is 0 Å². The zero-order chi connectivity index (χ0) is 13.8. The topological polar surface area (TPSA) is 54.9 Å². The van der Waals surface area contributed by atoms with Crippen molar-refractivity contribution in [1.82, 2.24) is 14.9 Å². The summed E-state index contributed by atoms with van der Waals surface area (Å²) in [6.45, 7) is 3.99. The van der Waals surface area contributed by atoms with Crippen molar-refractivity contribution in [3.05, 3.63) is 34.2 Å². The summed E-state index contributed by atoms with van der Waals surface area (Å²) in [4.78, 5) is 12.7. The average molecular weight is 296 g/mol. The molecule has 1 aromatic heterocycles. The van der Waals surface area contributed by atoms with Crippen molar-refractivity contribution in [2.24, 2.45) is 0 Å². The molecule has 4 nitrogen and oxygen atoms in total. The molecule has 1 unspecified atom stereocenters. The zero-order valence-corrected chi connectivity index (χ0v) is 12.3. The normalized spacial score (nSPS) is 12.2. The molecule has 0 fully saturated rings. The summed E-state index contributed by atoms with van der Waals surface area (Å²) in [5, 5.41) is 7.60. The summed E-state index contributed by atoms with van der Waals surface area (Å²) in [7, 11) is 0. The average Bonchev–Trinajstić information content (AvgIpc) is 2.88. The Hall–Kier alpha value is -1.46. The molecule has 2 aromatic rings. The molecule has 100 valence electrons. The second-order valence-electron chi connectivity index (χ2n) is 4.24. The molecule has 0 saturated carbocycles. The van der Waals surface area contributed by atoms with Crippen LogP contribution in [0.15, 0.2) is 24.3 Å². The van der Waals surface area contributed by atoms with Crippen LogP contribution >= 0.6 is 23.1 Å². The highest BCUT2D eigenvalue weighted by atomic mass is 35.5. The number of benzene rings is 1. The predicted octanol–water partition coefficient (Wildman–Crippen LogP) is 3.39. The number of nitrogens with zero attached hydrogens (tertiary/aromatic N) is 2. The molecule has 2 rings (SSSR count). The van der Waals surface area contributed by atoms with Crippen molar-refractivity contribution in [2.75, 3.05) is 0 Å². The number of carbonyl (C=O) groups is 1. The molecule has 1 N–H and O–H groups in total. The van der Waals surface area contributed by atoms with Gasteiger partial charge in [0.2, 0.25) is 0 Å². The number of hydrogen-bond acceptors (Lipinski definition) is 4. The van der Waals surface area contributed by atoms with E-state index in [1.54, 1.807) is 12.1 Å². The van der Waals surface area contributed by atoms with Crippen LogP contribution in [0.1, 0.15) is 29.9 Å². The van der Waals surface area contributed by atoms with E-state index in [1.165, 1.54) is 0 Å². The second kappa shape index (κ2) is 6.12. The lowest BCUT2D eigenvalue weighted by Gasteiger charge is -2.10. The Morgan fingerprint density at radius 1 is 1.42 bits per heavy atom. The molecule has 1 atom stereocenters. The first kappa shape index (κ1) is 14.0. The third kappa shape index (κ3) is 3.30. The number of amides is 1. The summed E-state index contributed by atoms with van der Waals surface area (Å²) in [5.74, 6) is -0.130. The molecule has 1 amide bonds. The van der Waals surface area contributed by atoms with E-state index in [1.807, 2.05) is 26.0 Å². The van der Waals surface area contributed by atoms with Crippen LogP contribution in [0.2, 0.25) is 5.02 Å². The first-order chi connectivity index (χ1) is 9.11. The third-order valence-electron chi connectivity index (χ3n) is 2.80. The Labute approximate surface area is 121 Å². The molecular formula is C13H14ClN3OS. The van der Waals surface area contributed by atoms with Crippen molar-refractivity contribution < 1.29 is 4.79 Å². The molecule has 0 aliphatic heterocycles. The van der Waals surface area contributed by atoms with E-state index < -0.39 is 0 Å². The molecule has 1 aromatic carbocycles. The molecular weight excluding hydrogens is 282 g/mol. The molecule has 6 heteroatoms. The number of halogens is 1. The van der Waals surface area contributed by atoms with Gasteiger partial charge in [-0.3, -0.25) is 4.79 Å². The van der Waals surface area contributed by atoms with Crippen molar-refractivity contribution in [3.63, 3.8) is 0 Å². The Balaban J connectivity index is 2.27. The summed E-state index contributed by atoms with van der Waals surface area (Å²) >= 11 is 6.95. The molecule has 1 heterocycles. The van der Waals surface area contributed by atoms with Gasteiger partial charge in [-0.2, -0.15) is 0 Å². The highest BCUT2D eigenvalue weighted by Crippen LogP contribution is 2.25. The van der Waals surface area contributed by atoms with Crippen molar-refractivity contribution in [1.29, 1.82) is 0 Å². The first-order valence-electron chi connectivity index (χ1n) is 6.01. The van der Waals surface area contributed by atoms with E-state index in [9.17, 15) is 4.79 Å². The van der Waals surface area contributed by atoms with Crippen LogP contribution < -0.4 is 5.32 Å². The minimum Gasteiger partial charge on any atom is -0.349 e. The Bertz CT molecular complexity index is 568. The lowest BCUT2D eigenvalue weighted by atomic mass is 10.1. The van der Waals surface area contributed by atoms with Gasteiger partial charge in [0.05, 0.1) is 0 Å². The maximum Gasteiger partial charge on any atom is 0.265 e. The zero-order valence-electron chi connectivity index (χ0n) is 10.7. The fourth-order valence-electron chi connectivity index (χ4n) is 1.53. The van der Waals surface area contributed by atoms with Crippen molar-refractivity contribution in [2.45, 2.75) is 26.3 Å². The number of aromatic nitrogens is 2. The van der Waals surface area contributed by atoms with Crippen LogP contribution in [0, 0.1) is 0 Å². The van der Waals surface area contributed by atoms with Gasteiger partial charge >= 0.3 is 0 Å². The number of hydrogen-bond donors (Lipinski definition) is 1. The highest BCUT2D eigenvalue weighted by Gasteiger charge is 2.18. The van der Waals surface area contributed by atoms with Crippen molar-refractivity contribution in [3.8, 4) is 11.3 Å². The van der Waals surface area contributed by atoms with Gasteiger partial charge in [-0.15, -0.1) is 5.10 Å². The van der Waals surface area contributed by atoms with Crippen molar-refractivity contribution >= 4 is 29.0 Å². The van der Waals surface area contributed by atoms with Gasteiger partial charge in [0, 0.05) is 16.6 Å². The summed E-state index contributed by atoms with van der Waals surface area (Å²) in [6.07, 6.45) is 0.883. The summed E-state index contributed by atoms with van der Waals surface area (Å²) < 4.78 is 3.87. The summed E-state index contributed by atoms with van der Waals surface area (Å²) in [5.41, 5.74) is 1.44. The fourth-order valence-corrected chi connectivity index (χ4v) is 2.24. The first-order valence-corrected chi connectivity index (χ1v) is 7.16. The molecule has 0 saturated heterocycles. The molecule has 0 bridgehead atoms. The van der Waals surface area contributed by atoms with Gasteiger partial charge in [-0.1, -0.05) is 35.1 Å². The van der Waals surface area contributed by atoms with Crippen LogP contribution in [0.4, 0.5) is 0 Å². The number of carbonyl (C=O) groups excluding carboxylic acids is 1. The van der Waals surface area contributed by atoms with E-state index in [-0.39, 0.29) is 11.9 Å². The van der Waals surface area contributed by atoms with Crippen LogP contribution in [0.3, 0.4) is 0 Å². The maximum atomic E-state index is 12.1. The second-order valence-corrected chi connectivity index (χ2v) is 5.43. The van der Waals surface area contributed by atoms with Crippen LogP contribution in [0.5, 0.6) is 0 Å². The van der Waals surface area contributed by atoms with E-state index in [4.69, 9.17) is 11.6 Å². The maximum absolute atomic E-state index is 12.1. The molecule has 0 aliphatic carbocycles. The Morgan fingerprint density at radius 2 is 2.11 bits per heavy atom. The lowest BCUT2D eigenvalue weighted by molar-refractivity contribution is 0.0944. The van der Waals surface area contributed by atoms with Gasteiger partial charge in [0.15, 0.2) is 0 Å². The molecule has 19 heavy (non-hydrogen) atoms. The minimum absolute atomic E-state index is 0.130. The monoisotopic (exact) mass is 295 g/mol. The number of nitrogens with one attached hydrogen (secondary N) is 1. The minimum atomic E-state index is -0.130. The largest absolute Gasteiger partial charge is 0.349 e. The van der Waals surface area contributed by atoms with Crippen LogP contribution in [0.25, 0.3) is 11.3 Å². The highest BCUT2D eigenvalue weighted by molar-refractivity contribution is 7.08. The van der Waals surface area contributed by atoms with Gasteiger partial charge < -0.3 is 5.32 Å². The van der Waals surface area contributed by atoms with Crippen LogP contribution in [-0.4, -0.2) is 21.5 Å². The van der Waals surface area contributed by atoms with E-state index in [2.05, 4.69) is 14.9 Å². The standard InChI is InChI=1S/C13H14ClN3OS/c1-3-8(2)15-13(18)12-11(16-17-19-12)9-4-6-10(14)7-5-9/h4-8H,3H2,1-2H3,(H,15,18). The van der Waals surface area contributed by atoms with E-state index in [0.29, 0.717) is 15.6 Å². The van der Waals surface area contributed by atoms with Crippen LogP contribution in [-0.2, 0) is 0 Å². The smallest absolute Gasteiger partial charge is 0.265 e. The lowest BCUT2D eigenvalue weighted by Crippen LogP contribution is -2.31. The van der Waals surface area contributed by atoms with Gasteiger partial charge in [0.1, 0.15) is 10.6 Å². The Morgan fingerprint density at radius 3 is 2.74 bits per heavy atom. The van der Waals surface area contributed by atoms with E-state index in [0.717, 1.165) is 23.5 Å². The predicted molar refractivity (Wildman–Crippen MR) is 77.6 cm³/mol. The fraction of sp³-hybridized carbons (Fsp3) is 0.308. The molecule has 0 spiro atoms. The quantitative estimate of drug-likeness (QED) is 0.940. The molecule has 0 aliphatic rings. The molecule has 0 radical (unpaired) electrons. The summed E-state index contributed by atoms with van der Waals surface area (Å²) in [6, 6.07) is 7.34.